The largest absolute Gasteiger partial charge is 0.507 e. The first kappa shape index (κ1) is 13.7. The third-order valence-electron chi connectivity index (χ3n) is 2.15. The van der Waals surface area contributed by atoms with Gasteiger partial charge in [0.05, 0.1) is 0 Å². The van der Waals surface area contributed by atoms with Crippen molar-refractivity contribution in [2.45, 2.75) is 13.0 Å². The zero-order valence-corrected chi connectivity index (χ0v) is 9.83. The van der Waals surface area contributed by atoms with Gasteiger partial charge in [0, 0.05) is 11.8 Å². The number of aliphatic carboxylic acids is 1. The van der Waals surface area contributed by atoms with Gasteiger partial charge in [-0.25, -0.2) is 0 Å². The van der Waals surface area contributed by atoms with Crippen LogP contribution in [-0.4, -0.2) is 40.9 Å². The van der Waals surface area contributed by atoms with Crippen molar-refractivity contribution in [2.24, 2.45) is 4.99 Å². The number of benzene rings is 1. The maximum Gasteiger partial charge on any atom is 0.325 e. The summed E-state index contributed by atoms with van der Waals surface area (Å²) in [5.74, 6) is -1.52. The van der Waals surface area contributed by atoms with Gasteiger partial charge in [0.1, 0.15) is 18.3 Å². The standard InChI is InChI=1S/C12H14N2O4/c1-8(12(17)18)14-11(16)7-13-6-9-4-2-3-5-10(9)15/h2-6,8,15H,7H2,1H3,(H,14,16)(H,17,18)/t8-/m0/s1. The number of carboxylic acids is 1. The maximum atomic E-state index is 11.3. The van der Waals surface area contributed by atoms with E-state index in [-0.39, 0.29) is 12.3 Å². The van der Waals surface area contributed by atoms with Gasteiger partial charge in [0.2, 0.25) is 5.91 Å². The highest BCUT2D eigenvalue weighted by atomic mass is 16.4. The zero-order valence-electron chi connectivity index (χ0n) is 9.83. The highest BCUT2D eigenvalue weighted by Gasteiger charge is 2.12. The number of para-hydroxylation sites is 1. The van der Waals surface area contributed by atoms with Crippen molar-refractivity contribution in [3.63, 3.8) is 0 Å². The van der Waals surface area contributed by atoms with Gasteiger partial charge in [-0.3, -0.25) is 14.6 Å². The Labute approximate surface area is 104 Å². The van der Waals surface area contributed by atoms with Crippen molar-refractivity contribution in [3.8, 4) is 5.75 Å². The lowest BCUT2D eigenvalue weighted by Gasteiger charge is -2.07. The Bertz CT molecular complexity index is 471. The predicted octanol–water partition coefficient (Wildman–Crippen LogP) is 0.400. The molecule has 0 heterocycles. The van der Waals surface area contributed by atoms with E-state index in [2.05, 4.69) is 10.3 Å². The number of carbonyl (C=O) groups is 2. The number of aliphatic imine (C=N–C) groups is 1. The van der Waals surface area contributed by atoms with E-state index in [0.29, 0.717) is 5.56 Å². The number of phenols is 1. The topological polar surface area (TPSA) is 99.0 Å². The van der Waals surface area contributed by atoms with Crippen LogP contribution in [0.4, 0.5) is 0 Å². The summed E-state index contributed by atoms with van der Waals surface area (Å²) in [7, 11) is 0. The Kier molecular flexibility index (Phi) is 4.86. The number of hydrogen-bond acceptors (Lipinski definition) is 4. The van der Waals surface area contributed by atoms with Crippen LogP contribution < -0.4 is 5.32 Å². The molecule has 96 valence electrons. The molecule has 0 unspecified atom stereocenters. The summed E-state index contributed by atoms with van der Waals surface area (Å²) in [4.78, 5) is 25.6. The van der Waals surface area contributed by atoms with Gasteiger partial charge in [0.25, 0.3) is 0 Å². The summed E-state index contributed by atoms with van der Waals surface area (Å²) in [5.41, 5.74) is 0.497. The minimum absolute atomic E-state index is 0.0700. The molecule has 6 heteroatoms. The van der Waals surface area contributed by atoms with Crippen LogP contribution >= 0.6 is 0 Å². The van der Waals surface area contributed by atoms with Crippen molar-refractivity contribution >= 4 is 18.1 Å². The first-order valence-corrected chi connectivity index (χ1v) is 5.30. The fourth-order valence-electron chi connectivity index (χ4n) is 1.17. The normalized spacial score (nSPS) is 12.3. The van der Waals surface area contributed by atoms with E-state index in [1.165, 1.54) is 19.2 Å². The quantitative estimate of drug-likeness (QED) is 0.659. The summed E-state index contributed by atoms with van der Waals surface area (Å²) >= 11 is 0. The first-order chi connectivity index (χ1) is 8.50. The summed E-state index contributed by atoms with van der Waals surface area (Å²) < 4.78 is 0. The molecule has 3 N–H and O–H groups in total. The lowest BCUT2D eigenvalue weighted by Crippen LogP contribution is -2.39. The molecule has 1 aromatic rings. The van der Waals surface area contributed by atoms with E-state index in [9.17, 15) is 14.7 Å². The second-order valence-corrected chi connectivity index (χ2v) is 3.66. The zero-order chi connectivity index (χ0) is 13.5. The molecule has 0 fully saturated rings. The van der Waals surface area contributed by atoms with Crippen molar-refractivity contribution in [2.75, 3.05) is 6.54 Å². The average molecular weight is 250 g/mol. The average Bonchev–Trinajstić information content (AvgIpc) is 2.31. The van der Waals surface area contributed by atoms with Crippen LogP contribution in [0.1, 0.15) is 12.5 Å². The molecule has 0 bridgehead atoms. The van der Waals surface area contributed by atoms with Gasteiger partial charge < -0.3 is 15.5 Å². The third kappa shape index (κ3) is 4.25. The highest BCUT2D eigenvalue weighted by molar-refractivity contribution is 5.88. The number of phenolic OH excluding ortho intramolecular Hbond substituents is 1. The van der Waals surface area contributed by atoms with Gasteiger partial charge in [-0.1, -0.05) is 12.1 Å². The Hall–Kier alpha value is -2.37. The van der Waals surface area contributed by atoms with Gasteiger partial charge >= 0.3 is 5.97 Å². The Balaban J connectivity index is 2.48. The van der Waals surface area contributed by atoms with Crippen LogP contribution in [0.3, 0.4) is 0 Å². The number of carbonyl (C=O) groups excluding carboxylic acids is 1. The lowest BCUT2D eigenvalue weighted by atomic mass is 10.2. The SMILES string of the molecule is C[C@H](NC(=O)CN=Cc1ccccc1O)C(=O)O. The van der Waals surface area contributed by atoms with Crippen molar-refractivity contribution in [1.82, 2.24) is 5.32 Å². The molecule has 0 saturated heterocycles. The molecule has 6 nitrogen and oxygen atoms in total. The fourth-order valence-corrected chi connectivity index (χ4v) is 1.17. The molecule has 0 aromatic heterocycles. The second-order valence-electron chi connectivity index (χ2n) is 3.66. The van der Waals surface area contributed by atoms with Crippen molar-refractivity contribution in [3.05, 3.63) is 29.8 Å². The van der Waals surface area contributed by atoms with E-state index < -0.39 is 17.9 Å². The molecule has 18 heavy (non-hydrogen) atoms. The molecule has 1 amide bonds. The Morgan fingerprint density at radius 2 is 2.11 bits per heavy atom. The van der Waals surface area contributed by atoms with E-state index in [4.69, 9.17) is 5.11 Å². The molecule has 0 aliphatic heterocycles. The molecule has 0 aliphatic carbocycles. The van der Waals surface area contributed by atoms with Crippen LogP contribution in [0.25, 0.3) is 0 Å². The van der Waals surface area contributed by atoms with E-state index in [1.807, 2.05) is 0 Å². The molecule has 0 saturated carbocycles. The Morgan fingerprint density at radius 3 is 2.72 bits per heavy atom. The number of carboxylic acid groups (broad SMARTS) is 1. The Morgan fingerprint density at radius 1 is 1.44 bits per heavy atom. The number of nitrogens with one attached hydrogen (secondary N) is 1. The number of rotatable bonds is 5. The number of amides is 1. The molecule has 1 aromatic carbocycles. The maximum absolute atomic E-state index is 11.3. The summed E-state index contributed by atoms with van der Waals surface area (Å²) in [5, 5.41) is 20.3. The molecular weight excluding hydrogens is 236 g/mol. The van der Waals surface area contributed by atoms with E-state index >= 15 is 0 Å². The van der Waals surface area contributed by atoms with Gasteiger partial charge in [0.15, 0.2) is 0 Å². The summed E-state index contributed by atoms with van der Waals surface area (Å²) in [6.07, 6.45) is 1.36. The van der Waals surface area contributed by atoms with E-state index in [0.717, 1.165) is 0 Å². The van der Waals surface area contributed by atoms with Crippen LogP contribution in [0.5, 0.6) is 5.75 Å². The molecule has 0 aliphatic rings. The molecule has 1 rings (SSSR count). The molecule has 0 spiro atoms. The summed E-state index contributed by atoms with van der Waals surface area (Å²) in [6, 6.07) is 5.62. The molecule has 0 radical (unpaired) electrons. The fraction of sp³-hybridized carbons (Fsp3) is 0.250. The number of aromatic hydroxyl groups is 1. The number of nitrogens with zero attached hydrogens (tertiary/aromatic N) is 1. The molecular formula is C12H14N2O4. The third-order valence-corrected chi connectivity index (χ3v) is 2.15. The van der Waals surface area contributed by atoms with Crippen molar-refractivity contribution in [1.29, 1.82) is 0 Å². The lowest BCUT2D eigenvalue weighted by molar-refractivity contribution is -0.141. The molecule has 1 atom stereocenters. The minimum Gasteiger partial charge on any atom is -0.507 e. The van der Waals surface area contributed by atoms with Gasteiger partial charge in [-0.15, -0.1) is 0 Å². The second kappa shape index (κ2) is 6.39. The number of hydrogen-bond donors (Lipinski definition) is 3. The van der Waals surface area contributed by atoms with Gasteiger partial charge in [-0.05, 0) is 19.1 Å². The summed E-state index contributed by atoms with van der Waals surface area (Å²) in [6.45, 7) is 1.18. The minimum atomic E-state index is -1.10. The predicted molar refractivity (Wildman–Crippen MR) is 65.8 cm³/mol. The van der Waals surface area contributed by atoms with Crippen LogP contribution in [0.15, 0.2) is 29.3 Å². The monoisotopic (exact) mass is 250 g/mol. The van der Waals surface area contributed by atoms with Crippen LogP contribution in [0.2, 0.25) is 0 Å². The van der Waals surface area contributed by atoms with Crippen LogP contribution in [0, 0.1) is 0 Å². The first-order valence-electron chi connectivity index (χ1n) is 5.30. The smallest absolute Gasteiger partial charge is 0.325 e. The van der Waals surface area contributed by atoms with Crippen LogP contribution in [-0.2, 0) is 9.59 Å². The van der Waals surface area contributed by atoms with E-state index in [1.54, 1.807) is 18.2 Å². The highest BCUT2D eigenvalue weighted by Crippen LogP contribution is 2.12. The van der Waals surface area contributed by atoms with Gasteiger partial charge in [-0.2, -0.15) is 0 Å². The van der Waals surface area contributed by atoms with Crippen molar-refractivity contribution < 1.29 is 19.8 Å².